The highest BCUT2D eigenvalue weighted by molar-refractivity contribution is 9.10. The summed E-state index contributed by atoms with van der Waals surface area (Å²) in [6.45, 7) is 0. The first-order valence-corrected chi connectivity index (χ1v) is 6.59. The Balaban J connectivity index is 2.42. The van der Waals surface area contributed by atoms with Gasteiger partial charge in [0.25, 0.3) is 11.8 Å². The van der Waals surface area contributed by atoms with Crippen LogP contribution in [0.3, 0.4) is 0 Å². The summed E-state index contributed by atoms with van der Waals surface area (Å²) in [5.41, 5.74) is 1.12. The first-order valence-electron chi connectivity index (χ1n) is 5.79. The van der Waals surface area contributed by atoms with E-state index >= 15 is 0 Å². The zero-order valence-electron chi connectivity index (χ0n) is 10.5. The molecule has 0 saturated heterocycles. The van der Waals surface area contributed by atoms with E-state index in [1.54, 1.807) is 26.2 Å². The second kappa shape index (κ2) is 4.15. The molecule has 0 unspecified atom stereocenters. The molecule has 0 radical (unpaired) electrons. The lowest BCUT2D eigenvalue weighted by Gasteiger charge is -2.31. The largest absolute Gasteiger partial charge is 0.276 e. The zero-order valence-corrected chi connectivity index (χ0v) is 12.1. The molecule has 2 aromatic carbocycles. The molecule has 5 heteroatoms. The zero-order chi connectivity index (χ0) is 13.7. The molecule has 2 aromatic rings. The molecule has 4 nitrogen and oxygen atoms in total. The van der Waals surface area contributed by atoms with Crippen molar-refractivity contribution in [3.05, 3.63) is 45.9 Å². The number of amides is 2. The molecular weight excluding hydrogens is 308 g/mol. The number of benzene rings is 2. The summed E-state index contributed by atoms with van der Waals surface area (Å²) in [6, 6.07) is 9.07. The molecule has 0 fully saturated rings. The molecule has 1 heterocycles. The van der Waals surface area contributed by atoms with Gasteiger partial charge in [-0.05, 0) is 23.6 Å². The van der Waals surface area contributed by atoms with Gasteiger partial charge in [0.2, 0.25) is 0 Å². The summed E-state index contributed by atoms with van der Waals surface area (Å²) in [5.74, 6) is -0.572. The fourth-order valence-electron chi connectivity index (χ4n) is 2.41. The molecule has 96 valence electrons. The van der Waals surface area contributed by atoms with Gasteiger partial charge in [-0.3, -0.25) is 9.59 Å². The van der Waals surface area contributed by atoms with Crippen molar-refractivity contribution in [3.8, 4) is 0 Å². The van der Waals surface area contributed by atoms with E-state index in [1.807, 2.05) is 18.2 Å². The van der Waals surface area contributed by atoms with Crippen molar-refractivity contribution in [3.63, 3.8) is 0 Å². The fraction of sp³-hybridized carbons (Fsp3) is 0.143. The van der Waals surface area contributed by atoms with Gasteiger partial charge in [-0.15, -0.1) is 0 Å². The standard InChI is InChI=1S/C14H11BrN2O2/c1-16(2)17-13(18)9-5-3-4-8-11(15)7-6-10(12(8)9)14(17)19/h3-7H,1-2H3. The normalized spacial score (nSPS) is 14.6. The van der Waals surface area contributed by atoms with Gasteiger partial charge in [-0.25, -0.2) is 10.0 Å². The number of carbonyl (C=O) groups is 2. The topological polar surface area (TPSA) is 40.6 Å². The highest BCUT2D eigenvalue weighted by Crippen LogP contribution is 2.34. The van der Waals surface area contributed by atoms with Crippen molar-refractivity contribution in [2.24, 2.45) is 0 Å². The molecular formula is C14H11BrN2O2. The second-order valence-corrected chi connectivity index (χ2v) is 5.45. The van der Waals surface area contributed by atoms with Crippen molar-refractivity contribution in [1.29, 1.82) is 0 Å². The molecule has 0 bridgehead atoms. The molecule has 0 aliphatic carbocycles. The maximum atomic E-state index is 12.4. The van der Waals surface area contributed by atoms with E-state index in [0.29, 0.717) is 11.1 Å². The van der Waals surface area contributed by atoms with Gasteiger partial charge in [0.15, 0.2) is 0 Å². The molecule has 0 aromatic heterocycles. The van der Waals surface area contributed by atoms with Crippen molar-refractivity contribution >= 4 is 38.5 Å². The predicted molar refractivity (Wildman–Crippen MR) is 75.8 cm³/mol. The van der Waals surface area contributed by atoms with E-state index in [1.165, 1.54) is 5.01 Å². The Morgan fingerprint density at radius 2 is 1.63 bits per heavy atom. The number of hydrogen-bond acceptors (Lipinski definition) is 3. The number of rotatable bonds is 1. The van der Waals surface area contributed by atoms with Crippen molar-refractivity contribution in [2.45, 2.75) is 0 Å². The maximum absolute atomic E-state index is 12.4. The summed E-state index contributed by atoms with van der Waals surface area (Å²) >= 11 is 3.46. The minimum atomic E-state index is -0.286. The minimum Gasteiger partial charge on any atom is -0.267 e. The van der Waals surface area contributed by atoms with Crippen molar-refractivity contribution in [2.75, 3.05) is 14.1 Å². The number of imide groups is 1. The molecule has 0 atom stereocenters. The van der Waals surface area contributed by atoms with Crippen LogP contribution >= 0.6 is 15.9 Å². The number of hydrogen-bond donors (Lipinski definition) is 0. The number of nitrogens with zero attached hydrogens (tertiary/aromatic N) is 2. The molecule has 1 aliphatic heterocycles. The number of hydrazine groups is 1. The summed E-state index contributed by atoms with van der Waals surface area (Å²) in [6.07, 6.45) is 0. The molecule has 0 spiro atoms. The van der Waals surface area contributed by atoms with E-state index < -0.39 is 0 Å². The van der Waals surface area contributed by atoms with Crippen LogP contribution in [0.1, 0.15) is 20.7 Å². The van der Waals surface area contributed by atoms with Crippen LogP contribution in [-0.4, -0.2) is 35.9 Å². The van der Waals surface area contributed by atoms with E-state index in [0.717, 1.165) is 20.3 Å². The van der Waals surface area contributed by atoms with Gasteiger partial charge in [-0.2, -0.15) is 0 Å². The van der Waals surface area contributed by atoms with Crippen LogP contribution in [0, 0.1) is 0 Å². The fourth-order valence-corrected chi connectivity index (χ4v) is 2.87. The average Bonchev–Trinajstić information content (AvgIpc) is 2.37. The summed E-state index contributed by atoms with van der Waals surface area (Å²) in [5, 5.41) is 4.28. The summed E-state index contributed by atoms with van der Waals surface area (Å²) < 4.78 is 0.881. The SMILES string of the molecule is CN(C)N1C(=O)c2cccc3c(Br)ccc(c23)C1=O. The number of carbonyl (C=O) groups excluding carboxylic acids is 2. The molecule has 2 amide bonds. The Morgan fingerprint density at radius 1 is 1.00 bits per heavy atom. The van der Waals surface area contributed by atoms with Gasteiger partial charge < -0.3 is 0 Å². The van der Waals surface area contributed by atoms with Crippen LogP contribution in [0.5, 0.6) is 0 Å². The van der Waals surface area contributed by atoms with Crippen molar-refractivity contribution < 1.29 is 9.59 Å². The monoisotopic (exact) mass is 318 g/mol. The highest BCUT2D eigenvalue weighted by atomic mass is 79.9. The Bertz CT molecular complexity index is 702. The van der Waals surface area contributed by atoms with Gasteiger partial charge in [-0.1, -0.05) is 28.1 Å². The Labute approximate surface area is 118 Å². The van der Waals surface area contributed by atoms with Gasteiger partial charge in [0.05, 0.1) is 11.1 Å². The van der Waals surface area contributed by atoms with Crippen LogP contribution in [0.2, 0.25) is 0 Å². The van der Waals surface area contributed by atoms with Crippen LogP contribution in [0.25, 0.3) is 10.8 Å². The van der Waals surface area contributed by atoms with Crippen molar-refractivity contribution in [1.82, 2.24) is 10.0 Å². The van der Waals surface area contributed by atoms with Crippen LogP contribution < -0.4 is 0 Å². The van der Waals surface area contributed by atoms with E-state index in [2.05, 4.69) is 15.9 Å². The summed E-state index contributed by atoms with van der Waals surface area (Å²) in [7, 11) is 3.36. The first kappa shape index (κ1) is 12.3. The predicted octanol–water partition coefficient (Wildman–Crippen LogP) is 2.67. The lowest BCUT2D eigenvalue weighted by atomic mass is 9.95. The smallest absolute Gasteiger partial charge is 0.267 e. The third kappa shape index (κ3) is 1.62. The quantitative estimate of drug-likeness (QED) is 0.759. The molecule has 1 aliphatic rings. The van der Waals surface area contributed by atoms with E-state index in [4.69, 9.17) is 0 Å². The second-order valence-electron chi connectivity index (χ2n) is 4.59. The lowest BCUT2D eigenvalue weighted by molar-refractivity contribution is 0.0183. The average molecular weight is 319 g/mol. The Kier molecular flexibility index (Phi) is 2.69. The highest BCUT2D eigenvalue weighted by Gasteiger charge is 2.34. The third-order valence-electron chi connectivity index (χ3n) is 3.23. The van der Waals surface area contributed by atoms with Gasteiger partial charge >= 0.3 is 0 Å². The Morgan fingerprint density at radius 3 is 2.26 bits per heavy atom. The van der Waals surface area contributed by atoms with Crippen LogP contribution in [0.4, 0.5) is 0 Å². The lowest BCUT2D eigenvalue weighted by Crippen LogP contribution is -2.48. The molecule has 0 saturated carbocycles. The molecule has 3 rings (SSSR count). The van der Waals surface area contributed by atoms with Gasteiger partial charge in [0.1, 0.15) is 0 Å². The van der Waals surface area contributed by atoms with Gasteiger partial charge in [0, 0.05) is 24.0 Å². The molecule has 19 heavy (non-hydrogen) atoms. The first-order chi connectivity index (χ1) is 9.02. The van der Waals surface area contributed by atoms with E-state index in [-0.39, 0.29) is 11.8 Å². The molecule has 0 N–H and O–H groups in total. The van der Waals surface area contributed by atoms with E-state index in [9.17, 15) is 9.59 Å². The summed E-state index contributed by atoms with van der Waals surface area (Å²) in [4.78, 5) is 24.8. The number of halogens is 1. The third-order valence-corrected chi connectivity index (χ3v) is 3.92. The Hall–Kier alpha value is -1.72. The van der Waals surface area contributed by atoms with Crippen LogP contribution in [-0.2, 0) is 0 Å². The maximum Gasteiger partial charge on any atom is 0.276 e. The minimum absolute atomic E-state index is 0.286. The van der Waals surface area contributed by atoms with Crippen LogP contribution in [0.15, 0.2) is 34.8 Å².